The quantitative estimate of drug-likeness (QED) is 0.439. The monoisotopic (exact) mass is 508 g/mol. The molecule has 192 valence electrons. The lowest BCUT2D eigenvalue weighted by atomic mass is 9.75. The van der Waals surface area contributed by atoms with Crippen LogP contribution in [0.15, 0.2) is 66.1 Å². The fraction of sp³-hybridized carbons (Fsp3) is 0.464. The molecule has 1 aromatic heterocycles. The Kier molecular flexibility index (Phi) is 7.46. The van der Waals surface area contributed by atoms with E-state index in [9.17, 15) is 8.42 Å². The molecule has 8 heteroatoms. The SMILES string of the molecule is CN(CCOc1ccc2c(c1)C(Cc1ccccc1)C(N1CCCC1)CC2)S(=O)(=O)c1cn(C)cn1. The molecule has 2 aromatic carbocycles. The number of fused-ring (bicyclic) bond motifs is 1. The zero-order valence-electron chi connectivity index (χ0n) is 21.2. The lowest BCUT2D eigenvalue weighted by Gasteiger charge is -2.39. The first-order valence-electron chi connectivity index (χ1n) is 12.9. The molecule has 5 rings (SSSR count). The first-order valence-corrected chi connectivity index (χ1v) is 14.3. The maximum absolute atomic E-state index is 12.7. The van der Waals surface area contributed by atoms with Crippen molar-refractivity contribution in [2.75, 3.05) is 33.3 Å². The van der Waals surface area contributed by atoms with Crippen molar-refractivity contribution < 1.29 is 13.2 Å². The van der Waals surface area contributed by atoms with E-state index in [1.807, 2.05) is 6.07 Å². The van der Waals surface area contributed by atoms with Crippen LogP contribution in [0, 0.1) is 0 Å². The molecular weight excluding hydrogens is 472 g/mol. The largest absolute Gasteiger partial charge is 0.492 e. The fourth-order valence-electron chi connectivity index (χ4n) is 5.67. The van der Waals surface area contributed by atoms with Gasteiger partial charge >= 0.3 is 0 Å². The van der Waals surface area contributed by atoms with Crippen LogP contribution in [-0.2, 0) is 29.9 Å². The molecular formula is C28H36N4O3S. The number of nitrogens with zero attached hydrogens (tertiary/aromatic N) is 4. The van der Waals surface area contributed by atoms with Crippen molar-refractivity contribution in [2.45, 2.75) is 49.1 Å². The highest BCUT2D eigenvalue weighted by atomic mass is 32.2. The van der Waals surface area contributed by atoms with Gasteiger partial charge < -0.3 is 9.30 Å². The van der Waals surface area contributed by atoms with Crippen LogP contribution >= 0.6 is 0 Å². The maximum Gasteiger partial charge on any atom is 0.261 e. The average molecular weight is 509 g/mol. The number of hydrogen-bond acceptors (Lipinski definition) is 5. The van der Waals surface area contributed by atoms with Crippen molar-refractivity contribution in [3.8, 4) is 5.75 Å². The lowest BCUT2D eigenvalue weighted by Crippen LogP contribution is -2.41. The number of aryl methyl sites for hydroxylation is 2. The molecule has 1 fully saturated rings. The predicted octanol–water partition coefficient (Wildman–Crippen LogP) is 3.86. The average Bonchev–Trinajstić information content (AvgIpc) is 3.57. The normalized spacial score (nSPS) is 20.5. The maximum atomic E-state index is 12.7. The van der Waals surface area contributed by atoms with Crippen LogP contribution in [0.5, 0.6) is 5.75 Å². The van der Waals surface area contributed by atoms with Crippen LogP contribution < -0.4 is 4.74 Å². The zero-order valence-corrected chi connectivity index (χ0v) is 22.0. The molecule has 0 amide bonds. The fourth-order valence-corrected chi connectivity index (χ4v) is 6.78. The van der Waals surface area contributed by atoms with Gasteiger partial charge in [-0.2, -0.15) is 4.31 Å². The van der Waals surface area contributed by atoms with Gasteiger partial charge in [0.25, 0.3) is 10.0 Å². The van der Waals surface area contributed by atoms with Crippen molar-refractivity contribution in [3.05, 3.63) is 77.7 Å². The molecule has 2 aliphatic rings. The molecule has 0 N–H and O–H groups in total. The molecule has 1 aliphatic heterocycles. The van der Waals surface area contributed by atoms with Crippen LogP contribution in [0.3, 0.4) is 0 Å². The minimum Gasteiger partial charge on any atom is -0.492 e. The van der Waals surface area contributed by atoms with Gasteiger partial charge in [-0.15, -0.1) is 0 Å². The van der Waals surface area contributed by atoms with Crippen LogP contribution in [0.4, 0.5) is 0 Å². The lowest BCUT2D eigenvalue weighted by molar-refractivity contribution is 0.188. The van der Waals surface area contributed by atoms with Gasteiger partial charge in [-0.1, -0.05) is 36.4 Å². The van der Waals surface area contributed by atoms with Gasteiger partial charge in [0.15, 0.2) is 5.03 Å². The molecule has 0 spiro atoms. The van der Waals surface area contributed by atoms with Crippen LogP contribution in [-0.4, -0.2) is 66.5 Å². The summed E-state index contributed by atoms with van der Waals surface area (Å²) in [5, 5.41) is 0.0537. The Balaban J connectivity index is 1.31. The Morgan fingerprint density at radius 1 is 1.11 bits per heavy atom. The van der Waals surface area contributed by atoms with Gasteiger partial charge in [0.05, 0.1) is 6.33 Å². The highest BCUT2D eigenvalue weighted by Gasteiger charge is 2.35. The van der Waals surface area contributed by atoms with E-state index in [1.165, 1.54) is 65.9 Å². The number of aromatic nitrogens is 2. The van der Waals surface area contributed by atoms with E-state index >= 15 is 0 Å². The molecule has 1 aliphatic carbocycles. The van der Waals surface area contributed by atoms with Crippen LogP contribution in [0.25, 0.3) is 0 Å². The first-order chi connectivity index (χ1) is 17.4. The van der Waals surface area contributed by atoms with Crippen molar-refractivity contribution >= 4 is 10.0 Å². The molecule has 0 radical (unpaired) electrons. The molecule has 2 heterocycles. The first kappa shape index (κ1) is 25.0. The van der Waals surface area contributed by atoms with E-state index in [2.05, 4.69) is 52.3 Å². The van der Waals surface area contributed by atoms with Crippen molar-refractivity contribution in [1.29, 1.82) is 0 Å². The van der Waals surface area contributed by atoms with Crippen molar-refractivity contribution in [2.24, 2.45) is 7.05 Å². The summed E-state index contributed by atoms with van der Waals surface area (Å²) in [6.07, 6.45) is 8.89. The van der Waals surface area contributed by atoms with Gasteiger partial charge in [-0.25, -0.2) is 13.4 Å². The van der Waals surface area contributed by atoms with Gasteiger partial charge in [0, 0.05) is 38.8 Å². The second-order valence-corrected chi connectivity index (χ2v) is 12.1. The third-order valence-electron chi connectivity index (χ3n) is 7.63. The van der Waals surface area contributed by atoms with E-state index in [0.717, 1.165) is 18.6 Å². The predicted molar refractivity (Wildman–Crippen MR) is 141 cm³/mol. The Hall–Kier alpha value is -2.68. The summed E-state index contributed by atoms with van der Waals surface area (Å²) < 4.78 is 34.5. The van der Waals surface area contributed by atoms with Crippen molar-refractivity contribution in [3.63, 3.8) is 0 Å². The number of rotatable bonds is 9. The summed E-state index contributed by atoms with van der Waals surface area (Å²) in [5.41, 5.74) is 4.16. The number of hydrogen-bond donors (Lipinski definition) is 0. The van der Waals surface area contributed by atoms with E-state index in [4.69, 9.17) is 4.74 Å². The summed E-state index contributed by atoms with van der Waals surface area (Å²) in [4.78, 5) is 6.69. The third-order valence-corrected chi connectivity index (χ3v) is 9.37. The minimum absolute atomic E-state index is 0.0537. The topological polar surface area (TPSA) is 67.7 Å². The minimum atomic E-state index is -3.63. The van der Waals surface area contributed by atoms with Gasteiger partial charge in [0.1, 0.15) is 12.4 Å². The van der Waals surface area contributed by atoms with E-state index in [0.29, 0.717) is 12.0 Å². The Morgan fingerprint density at radius 3 is 2.61 bits per heavy atom. The Labute approximate surface area is 214 Å². The highest BCUT2D eigenvalue weighted by Crippen LogP contribution is 2.40. The molecule has 7 nitrogen and oxygen atoms in total. The number of benzene rings is 2. The molecule has 2 atom stereocenters. The van der Waals surface area contributed by atoms with E-state index < -0.39 is 10.0 Å². The summed E-state index contributed by atoms with van der Waals surface area (Å²) in [6.45, 7) is 2.91. The number of likely N-dealkylation sites (N-methyl/N-ethyl adjacent to an activating group) is 1. The summed E-state index contributed by atoms with van der Waals surface area (Å²) in [6, 6.07) is 17.8. The summed E-state index contributed by atoms with van der Waals surface area (Å²) in [5.74, 6) is 1.22. The smallest absolute Gasteiger partial charge is 0.261 e. The van der Waals surface area contributed by atoms with Gasteiger partial charge in [-0.3, -0.25) is 4.90 Å². The number of imidazole rings is 1. The second kappa shape index (κ2) is 10.7. The van der Waals surface area contributed by atoms with Crippen LogP contribution in [0.1, 0.15) is 41.9 Å². The van der Waals surface area contributed by atoms with Crippen molar-refractivity contribution in [1.82, 2.24) is 18.8 Å². The van der Waals surface area contributed by atoms with E-state index in [1.54, 1.807) is 18.7 Å². The zero-order chi connectivity index (χ0) is 25.1. The molecule has 0 bridgehead atoms. The van der Waals surface area contributed by atoms with Gasteiger partial charge in [0.2, 0.25) is 0 Å². The molecule has 2 unspecified atom stereocenters. The summed E-state index contributed by atoms with van der Waals surface area (Å²) >= 11 is 0. The molecule has 0 saturated carbocycles. The molecule has 36 heavy (non-hydrogen) atoms. The second-order valence-electron chi connectivity index (χ2n) is 10.1. The number of ether oxygens (including phenoxy) is 1. The molecule has 3 aromatic rings. The molecule has 1 saturated heterocycles. The highest BCUT2D eigenvalue weighted by molar-refractivity contribution is 7.89. The summed E-state index contributed by atoms with van der Waals surface area (Å²) in [7, 11) is -0.310. The van der Waals surface area contributed by atoms with Crippen LogP contribution in [0.2, 0.25) is 0 Å². The number of likely N-dealkylation sites (tertiary alicyclic amines) is 1. The third kappa shape index (κ3) is 5.36. The van der Waals surface area contributed by atoms with E-state index in [-0.39, 0.29) is 18.2 Å². The number of sulfonamides is 1. The Bertz CT molecular complexity index is 1270. The van der Waals surface area contributed by atoms with Gasteiger partial charge in [-0.05, 0) is 74.0 Å². The standard InChI is InChI=1S/C28H36N4O3S/c1-30-20-28(29-21-30)36(33,34)31(2)16-17-35-24-12-10-23-11-13-27(32-14-6-7-15-32)26(25(23)19-24)18-22-8-4-3-5-9-22/h3-5,8-10,12,19-21,26-27H,6-7,11,13-18H2,1-2H3. The Morgan fingerprint density at radius 2 is 1.89 bits per heavy atom.